The Hall–Kier alpha value is -0.830. The minimum absolute atomic E-state index is 0.0324. The van der Waals surface area contributed by atoms with E-state index < -0.39 is 12.0 Å². The van der Waals surface area contributed by atoms with Crippen LogP contribution in [0.2, 0.25) is 0 Å². The van der Waals surface area contributed by atoms with Crippen LogP contribution in [0.25, 0.3) is 0 Å². The topological polar surface area (TPSA) is 63.3 Å². The minimum atomic E-state index is -0.884. The standard InChI is InChI=1S/C6H11NO2/c1-4(2)5(7)3-6(8)9/h5H,1,3,7H2,2H3,(H,8,9)/t5-/m1/s1. The maximum atomic E-state index is 9.99. The molecule has 0 aliphatic rings. The quantitative estimate of drug-likeness (QED) is 0.541. The molecule has 3 nitrogen and oxygen atoms in total. The number of carboxylic acid groups (broad SMARTS) is 1. The first-order chi connectivity index (χ1) is 4.04. The molecular formula is C6H11NO2. The summed E-state index contributed by atoms with van der Waals surface area (Å²) in [6, 6.07) is -0.400. The van der Waals surface area contributed by atoms with E-state index in [1.807, 2.05) is 0 Å². The predicted molar refractivity (Wildman–Crippen MR) is 35.0 cm³/mol. The van der Waals surface area contributed by atoms with Gasteiger partial charge in [-0.1, -0.05) is 12.2 Å². The van der Waals surface area contributed by atoms with Gasteiger partial charge in [0, 0.05) is 6.04 Å². The van der Waals surface area contributed by atoms with Crippen LogP contribution in [0.1, 0.15) is 13.3 Å². The number of aliphatic carboxylic acids is 1. The summed E-state index contributed by atoms with van der Waals surface area (Å²) >= 11 is 0. The van der Waals surface area contributed by atoms with Gasteiger partial charge in [-0.2, -0.15) is 0 Å². The van der Waals surface area contributed by atoms with E-state index in [0.717, 1.165) is 0 Å². The summed E-state index contributed by atoms with van der Waals surface area (Å²) in [7, 11) is 0. The molecule has 52 valence electrons. The number of hydrogen-bond acceptors (Lipinski definition) is 2. The molecule has 3 heteroatoms. The Morgan fingerprint density at radius 1 is 1.89 bits per heavy atom. The van der Waals surface area contributed by atoms with Crippen molar-refractivity contribution in [1.82, 2.24) is 0 Å². The molecule has 0 aromatic carbocycles. The molecule has 0 saturated heterocycles. The number of rotatable bonds is 3. The zero-order valence-corrected chi connectivity index (χ0v) is 5.42. The summed E-state index contributed by atoms with van der Waals surface area (Å²) in [5, 5.41) is 8.21. The predicted octanol–water partition coefficient (Wildman–Crippen LogP) is 0.365. The fourth-order valence-electron chi connectivity index (χ4n) is 0.362. The molecule has 0 fully saturated rings. The van der Waals surface area contributed by atoms with Gasteiger partial charge in [-0.25, -0.2) is 0 Å². The lowest BCUT2D eigenvalue weighted by atomic mass is 10.1. The zero-order valence-electron chi connectivity index (χ0n) is 5.42. The summed E-state index contributed by atoms with van der Waals surface area (Å²) in [5.41, 5.74) is 6.04. The van der Waals surface area contributed by atoms with Crippen LogP contribution in [0, 0.1) is 0 Å². The van der Waals surface area contributed by atoms with E-state index in [2.05, 4.69) is 6.58 Å². The summed E-state index contributed by atoms with van der Waals surface area (Å²) in [6.45, 7) is 5.24. The molecule has 0 rings (SSSR count). The van der Waals surface area contributed by atoms with Gasteiger partial charge in [0.2, 0.25) is 0 Å². The van der Waals surface area contributed by atoms with Gasteiger partial charge in [0.25, 0.3) is 0 Å². The van der Waals surface area contributed by atoms with Crippen LogP contribution in [0.3, 0.4) is 0 Å². The third-order valence-corrected chi connectivity index (χ3v) is 1.03. The summed E-state index contributed by atoms with van der Waals surface area (Å²) < 4.78 is 0. The van der Waals surface area contributed by atoms with E-state index in [-0.39, 0.29) is 6.42 Å². The molecule has 0 aromatic heterocycles. The van der Waals surface area contributed by atoms with Crippen molar-refractivity contribution in [3.05, 3.63) is 12.2 Å². The Balaban J connectivity index is 3.63. The van der Waals surface area contributed by atoms with Gasteiger partial charge in [-0.05, 0) is 6.92 Å². The van der Waals surface area contributed by atoms with Crippen LogP contribution < -0.4 is 5.73 Å². The molecule has 1 atom stereocenters. The maximum Gasteiger partial charge on any atom is 0.305 e. The second kappa shape index (κ2) is 3.25. The van der Waals surface area contributed by atoms with Crippen molar-refractivity contribution >= 4 is 5.97 Å². The van der Waals surface area contributed by atoms with E-state index in [1.54, 1.807) is 6.92 Å². The fraction of sp³-hybridized carbons (Fsp3) is 0.500. The second-order valence-electron chi connectivity index (χ2n) is 2.05. The lowest BCUT2D eigenvalue weighted by Gasteiger charge is -2.05. The van der Waals surface area contributed by atoms with Crippen LogP contribution in [0.15, 0.2) is 12.2 Å². The van der Waals surface area contributed by atoms with E-state index in [0.29, 0.717) is 5.57 Å². The Morgan fingerprint density at radius 2 is 2.33 bits per heavy atom. The highest BCUT2D eigenvalue weighted by molar-refractivity contribution is 5.68. The lowest BCUT2D eigenvalue weighted by molar-refractivity contribution is -0.137. The average Bonchev–Trinajstić information content (AvgIpc) is 1.63. The Morgan fingerprint density at radius 3 is 2.44 bits per heavy atom. The average molecular weight is 129 g/mol. The smallest absolute Gasteiger partial charge is 0.305 e. The van der Waals surface area contributed by atoms with Crippen LogP contribution in [0.4, 0.5) is 0 Å². The Kier molecular flexibility index (Phi) is 2.95. The molecule has 0 aliphatic heterocycles. The van der Waals surface area contributed by atoms with Crippen molar-refractivity contribution in [2.45, 2.75) is 19.4 Å². The highest BCUT2D eigenvalue weighted by Crippen LogP contribution is 1.98. The van der Waals surface area contributed by atoms with Gasteiger partial charge < -0.3 is 10.8 Å². The number of carboxylic acids is 1. The zero-order chi connectivity index (χ0) is 7.44. The second-order valence-corrected chi connectivity index (χ2v) is 2.05. The Bertz CT molecular complexity index is 131. The van der Waals surface area contributed by atoms with Crippen LogP contribution >= 0.6 is 0 Å². The Labute approximate surface area is 54.2 Å². The molecule has 0 unspecified atom stereocenters. The third kappa shape index (κ3) is 3.73. The van der Waals surface area contributed by atoms with E-state index in [1.165, 1.54) is 0 Å². The molecule has 0 aromatic rings. The molecule has 0 aliphatic carbocycles. The van der Waals surface area contributed by atoms with Gasteiger partial charge in [-0.3, -0.25) is 4.79 Å². The van der Waals surface area contributed by atoms with Crippen molar-refractivity contribution < 1.29 is 9.90 Å². The van der Waals surface area contributed by atoms with Crippen molar-refractivity contribution in [2.75, 3.05) is 0 Å². The van der Waals surface area contributed by atoms with Gasteiger partial charge >= 0.3 is 5.97 Å². The third-order valence-electron chi connectivity index (χ3n) is 1.03. The first-order valence-electron chi connectivity index (χ1n) is 2.67. The first-order valence-corrected chi connectivity index (χ1v) is 2.67. The SMILES string of the molecule is C=C(C)[C@H](N)CC(=O)O. The number of hydrogen-bond donors (Lipinski definition) is 2. The van der Waals surface area contributed by atoms with Crippen molar-refractivity contribution in [3.63, 3.8) is 0 Å². The highest BCUT2D eigenvalue weighted by Gasteiger charge is 2.06. The first kappa shape index (κ1) is 8.17. The summed E-state index contributed by atoms with van der Waals surface area (Å²) in [5.74, 6) is -0.884. The maximum absolute atomic E-state index is 9.99. The van der Waals surface area contributed by atoms with Gasteiger partial charge in [0.05, 0.1) is 6.42 Å². The largest absolute Gasteiger partial charge is 0.481 e. The van der Waals surface area contributed by atoms with E-state index >= 15 is 0 Å². The van der Waals surface area contributed by atoms with Crippen molar-refractivity contribution in [3.8, 4) is 0 Å². The fourth-order valence-corrected chi connectivity index (χ4v) is 0.362. The van der Waals surface area contributed by atoms with E-state index in [9.17, 15) is 4.79 Å². The molecule has 0 radical (unpaired) electrons. The number of nitrogens with two attached hydrogens (primary N) is 1. The van der Waals surface area contributed by atoms with Crippen LogP contribution in [-0.4, -0.2) is 17.1 Å². The molecule has 9 heavy (non-hydrogen) atoms. The molecular weight excluding hydrogens is 118 g/mol. The molecule has 3 N–H and O–H groups in total. The monoisotopic (exact) mass is 129 g/mol. The van der Waals surface area contributed by atoms with Gasteiger partial charge in [0.15, 0.2) is 0 Å². The minimum Gasteiger partial charge on any atom is -0.481 e. The molecule has 0 amide bonds. The normalized spacial score (nSPS) is 12.7. The van der Waals surface area contributed by atoms with Crippen LogP contribution in [-0.2, 0) is 4.79 Å². The highest BCUT2D eigenvalue weighted by atomic mass is 16.4. The molecule has 0 heterocycles. The van der Waals surface area contributed by atoms with Crippen LogP contribution in [0.5, 0.6) is 0 Å². The van der Waals surface area contributed by atoms with Crippen molar-refractivity contribution in [2.24, 2.45) is 5.73 Å². The lowest BCUT2D eigenvalue weighted by Crippen LogP contribution is -2.24. The van der Waals surface area contributed by atoms with Gasteiger partial charge in [0.1, 0.15) is 0 Å². The van der Waals surface area contributed by atoms with Crippen molar-refractivity contribution in [1.29, 1.82) is 0 Å². The summed E-state index contributed by atoms with van der Waals surface area (Å²) in [4.78, 5) is 9.99. The van der Waals surface area contributed by atoms with Gasteiger partial charge in [-0.15, -0.1) is 0 Å². The summed E-state index contributed by atoms with van der Waals surface area (Å²) in [6.07, 6.45) is -0.0324. The molecule has 0 saturated carbocycles. The molecule has 0 bridgehead atoms. The number of carbonyl (C=O) groups is 1. The van der Waals surface area contributed by atoms with E-state index in [4.69, 9.17) is 10.8 Å². The molecule has 0 spiro atoms.